The number of nitrogens with one attached hydrogen (secondary N) is 1. The monoisotopic (exact) mass is 348 g/mol. The van der Waals surface area contributed by atoms with Gasteiger partial charge in [-0.25, -0.2) is 0 Å². The third-order valence-corrected chi connectivity index (χ3v) is 5.64. The number of hydrogen-bond donors (Lipinski definition) is 1. The molecule has 0 saturated carbocycles. The van der Waals surface area contributed by atoms with Crippen LogP contribution in [-0.2, 0) is 15.0 Å². The average Bonchev–Trinajstić information content (AvgIpc) is 3.07. The van der Waals surface area contributed by atoms with Crippen LogP contribution in [0, 0.1) is 5.92 Å². The molecule has 3 rings (SSSR count). The van der Waals surface area contributed by atoms with Crippen LogP contribution in [0.25, 0.3) is 0 Å². The summed E-state index contributed by atoms with van der Waals surface area (Å²) in [4.78, 5) is 27.2. The highest BCUT2D eigenvalue weighted by molar-refractivity contribution is 6.31. The van der Waals surface area contributed by atoms with Gasteiger partial charge in [-0.15, -0.1) is 0 Å². The summed E-state index contributed by atoms with van der Waals surface area (Å²) in [6.45, 7) is 5.37. The highest BCUT2D eigenvalue weighted by Gasteiger charge is 2.54. The molecule has 0 radical (unpaired) electrons. The molecule has 2 amide bonds. The minimum atomic E-state index is -0.726. The van der Waals surface area contributed by atoms with Crippen LogP contribution in [0.4, 0.5) is 0 Å². The molecule has 2 aliphatic heterocycles. The van der Waals surface area contributed by atoms with Crippen LogP contribution in [0.2, 0.25) is 5.02 Å². The first-order valence-electron chi connectivity index (χ1n) is 8.77. The minimum Gasteiger partial charge on any atom is -0.355 e. The maximum atomic E-state index is 13.1. The number of rotatable bonds is 5. The summed E-state index contributed by atoms with van der Waals surface area (Å²) in [6.07, 6.45) is 3.04. The number of carbonyl (C=O) groups excluding carboxylic acids is 2. The molecule has 1 aromatic carbocycles. The fourth-order valence-corrected chi connectivity index (χ4v) is 4.27. The lowest BCUT2D eigenvalue weighted by molar-refractivity contribution is -0.129. The summed E-state index contributed by atoms with van der Waals surface area (Å²) >= 11 is 6.43. The van der Waals surface area contributed by atoms with Gasteiger partial charge in [0.1, 0.15) is 0 Å². The van der Waals surface area contributed by atoms with Crippen LogP contribution in [0.5, 0.6) is 0 Å². The summed E-state index contributed by atoms with van der Waals surface area (Å²) < 4.78 is 0. The zero-order valence-corrected chi connectivity index (χ0v) is 15.1. The van der Waals surface area contributed by atoms with Gasteiger partial charge in [-0.05, 0) is 36.8 Å². The molecule has 0 spiro atoms. The average molecular weight is 349 g/mol. The van der Waals surface area contributed by atoms with Gasteiger partial charge in [0.15, 0.2) is 0 Å². The van der Waals surface area contributed by atoms with Crippen molar-refractivity contribution in [2.45, 2.75) is 51.0 Å². The molecule has 4 nitrogen and oxygen atoms in total. The normalized spacial score (nSPS) is 26.1. The van der Waals surface area contributed by atoms with Crippen LogP contribution >= 0.6 is 11.6 Å². The Morgan fingerprint density at radius 2 is 2.17 bits per heavy atom. The maximum absolute atomic E-state index is 13.1. The highest BCUT2D eigenvalue weighted by atomic mass is 35.5. The van der Waals surface area contributed by atoms with Gasteiger partial charge >= 0.3 is 0 Å². The van der Waals surface area contributed by atoms with E-state index in [9.17, 15) is 9.59 Å². The van der Waals surface area contributed by atoms with Crippen LogP contribution in [0.1, 0.15) is 45.1 Å². The molecule has 0 aliphatic carbocycles. The fourth-order valence-electron chi connectivity index (χ4n) is 3.96. The summed E-state index contributed by atoms with van der Waals surface area (Å²) in [6, 6.07) is 7.69. The molecule has 2 aliphatic rings. The van der Waals surface area contributed by atoms with Crippen molar-refractivity contribution in [2.75, 3.05) is 13.1 Å². The van der Waals surface area contributed by atoms with Crippen molar-refractivity contribution in [3.05, 3.63) is 34.9 Å². The van der Waals surface area contributed by atoms with E-state index in [0.29, 0.717) is 36.9 Å². The summed E-state index contributed by atoms with van der Waals surface area (Å²) in [5.74, 6) is 0.692. The molecule has 2 fully saturated rings. The van der Waals surface area contributed by atoms with E-state index >= 15 is 0 Å². The lowest BCUT2D eigenvalue weighted by atomic mass is 9.76. The molecule has 130 valence electrons. The second kappa shape index (κ2) is 6.75. The second-order valence-electron chi connectivity index (χ2n) is 7.42. The first-order chi connectivity index (χ1) is 11.4. The Morgan fingerprint density at radius 1 is 1.42 bits per heavy atom. The Hall–Kier alpha value is -1.55. The first kappa shape index (κ1) is 17.3. The van der Waals surface area contributed by atoms with Gasteiger partial charge in [-0.1, -0.05) is 43.6 Å². The van der Waals surface area contributed by atoms with Crippen molar-refractivity contribution < 1.29 is 9.59 Å². The summed E-state index contributed by atoms with van der Waals surface area (Å²) in [5, 5.41) is 3.69. The Balaban J connectivity index is 1.89. The molecule has 24 heavy (non-hydrogen) atoms. The highest BCUT2D eigenvalue weighted by Crippen LogP contribution is 2.45. The largest absolute Gasteiger partial charge is 0.355 e. The molecule has 1 N–H and O–H groups in total. The van der Waals surface area contributed by atoms with Crippen molar-refractivity contribution in [3.63, 3.8) is 0 Å². The standard InChI is InChI=1S/C19H25ClN2O2/c1-13(2)9-10-21-18(24)19(15-5-3-4-6-16(15)20)11-14-7-8-17(23)22(14)12-19/h3-6,13-14H,7-12H2,1-2H3,(H,21,24)/t14-,19-/m0/s1. The SMILES string of the molecule is CC(C)CCNC(=O)[C@@]1(c2ccccc2Cl)C[C@@H]2CCC(=O)N2C1. The Bertz CT molecular complexity index is 646. The number of amides is 2. The van der Waals surface area contributed by atoms with E-state index in [4.69, 9.17) is 11.6 Å². The van der Waals surface area contributed by atoms with Crippen LogP contribution < -0.4 is 5.32 Å². The van der Waals surface area contributed by atoms with Gasteiger partial charge in [0, 0.05) is 30.6 Å². The zero-order chi connectivity index (χ0) is 17.3. The van der Waals surface area contributed by atoms with Crippen molar-refractivity contribution in [3.8, 4) is 0 Å². The van der Waals surface area contributed by atoms with Gasteiger partial charge in [0.25, 0.3) is 0 Å². The number of benzene rings is 1. The molecule has 2 saturated heterocycles. The second-order valence-corrected chi connectivity index (χ2v) is 7.83. The summed E-state index contributed by atoms with van der Waals surface area (Å²) in [7, 11) is 0. The molecule has 0 unspecified atom stereocenters. The molecule has 1 aromatic rings. The van der Waals surface area contributed by atoms with Crippen molar-refractivity contribution in [1.82, 2.24) is 10.2 Å². The third kappa shape index (κ3) is 3.04. The molecule has 2 atom stereocenters. The minimum absolute atomic E-state index is 0.00144. The molecular formula is C19H25ClN2O2. The quantitative estimate of drug-likeness (QED) is 0.888. The molecule has 5 heteroatoms. The smallest absolute Gasteiger partial charge is 0.232 e. The Kier molecular flexibility index (Phi) is 4.86. The van der Waals surface area contributed by atoms with E-state index in [-0.39, 0.29) is 17.9 Å². The number of hydrogen-bond acceptors (Lipinski definition) is 2. The van der Waals surface area contributed by atoms with Crippen molar-refractivity contribution >= 4 is 23.4 Å². The van der Waals surface area contributed by atoms with E-state index in [1.807, 2.05) is 29.2 Å². The van der Waals surface area contributed by atoms with Gasteiger partial charge in [0.2, 0.25) is 11.8 Å². The lowest BCUT2D eigenvalue weighted by Crippen LogP contribution is -2.47. The van der Waals surface area contributed by atoms with Crippen LogP contribution in [-0.4, -0.2) is 35.8 Å². The third-order valence-electron chi connectivity index (χ3n) is 5.31. The number of carbonyl (C=O) groups is 2. The van der Waals surface area contributed by atoms with Gasteiger partial charge in [0.05, 0.1) is 5.41 Å². The van der Waals surface area contributed by atoms with Gasteiger partial charge in [-0.3, -0.25) is 9.59 Å². The zero-order valence-electron chi connectivity index (χ0n) is 14.3. The van der Waals surface area contributed by atoms with E-state index < -0.39 is 5.41 Å². The van der Waals surface area contributed by atoms with E-state index in [2.05, 4.69) is 19.2 Å². The van der Waals surface area contributed by atoms with Crippen LogP contribution in [0.15, 0.2) is 24.3 Å². The summed E-state index contributed by atoms with van der Waals surface area (Å²) in [5.41, 5.74) is 0.117. The first-order valence-corrected chi connectivity index (χ1v) is 9.14. The molecule has 2 heterocycles. The lowest BCUT2D eigenvalue weighted by Gasteiger charge is -2.30. The van der Waals surface area contributed by atoms with E-state index in [1.54, 1.807) is 0 Å². The Morgan fingerprint density at radius 3 is 2.83 bits per heavy atom. The Labute approximate surface area is 148 Å². The van der Waals surface area contributed by atoms with E-state index in [1.165, 1.54) is 0 Å². The fraction of sp³-hybridized carbons (Fsp3) is 0.579. The molecular weight excluding hydrogens is 324 g/mol. The molecule has 0 aromatic heterocycles. The predicted octanol–water partition coefficient (Wildman–Crippen LogP) is 3.13. The van der Waals surface area contributed by atoms with Crippen molar-refractivity contribution in [1.29, 1.82) is 0 Å². The predicted molar refractivity (Wildman–Crippen MR) is 94.9 cm³/mol. The van der Waals surface area contributed by atoms with Gasteiger partial charge in [-0.2, -0.15) is 0 Å². The number of halogens is 1. The van der Waals surface area contributed by atoms with Crippen LogP contribution in [0.3, 0.4) is 0 Å². The van der Waals surface area contributed by atoms with E-state index in [0.717, 1.165) is 18.4 Å². The topological polar surface area (TPSA) is 49.4 Å². The maximum Gasteiger partial charge on any atom is 0.232 e. The van der Waals surface area contributed by atoms with Crippen molar-refractivity contribution in [2.24, 2.45) is 5.92 Å². The number of fused-ring (bicyclic) bond motifs is 1. The molecule has 0 bridgehead atoms. The number of nitrogens with zero attached hydrogens (tertiary/aromatic N) is 1. The van der Waals surface area contributed by atoms with Gasteiger partial charge < -0.3 is 10.2 Å².